The van der Waals surface area contributed by atoms with Crippen LogP contribution >= 0.6 is 12.2 Å². The normalized spacial score (nSPS) is 14.7. The quantitative estimate of drug-likeness (QED) is 0.397. The van der Waals surface area contributed by atoms with Gasteiger partial charge in [0.2, 0.25) is 0 Å². The maximum Gasteiger partial charge on any atom is 0.269 e. The third-order valence-electron chi connectivity index (χ3n) is 5.26. The van der Waals surface area contributed by atoms with E-state index in [2.05, 4.69) is 57.6 Å². The number of nitro benzene ring substituents is 1. The molecule has 0 bridgehead atoms. The second-order valence-electron chi connectivity index (χ2n) is 7.14. The maximum absolute atomic E-state index is 10.8. The summed E-state index contributed by atoms with van der Waals surface area (Å²) >= 11 is 5.53. The molecule has 0 amide bonds. The number of nitro groups is 1. The lowest BCUT2D eigenvalue weighted by molar-refractivity contribution is -0.384. The summed E-state index contributed by atoms with van der Waals surface area (Å²) in [6.07, 6.45) is 0. The van der Waals surface area contributed by atoms with Crippen LogP contribution in [0.2, 0.25) is 0 Å². The summed E-state index contributed by atoms with van der Waals surface area (Å²) < 4.78 is 0. The number of hydrogen-bond donors (Lipinski definition) is 1. The van der Waals surface area contributed by atoms with Crippen molar-refractivity contribution in [3.05, 3.63) is 82.4 Å². The SMILES string of the molecule is O=[N+]([O-])c1ccc(NC(=S)N2CCN(Cc3cccc4ccccc34)CC2)cc1. The van der Waals surface area contributed by atoms with Gasteiger partial charge in [0.05, 0.1) is 4.92 Å². The minimum Gasteiger partial charge on any atom is -0.346 e. The van der Waals surface area contributed by atoms with Gasteiger partial charge in [-0.15, -0.1) is 0 Å². The molecule has 1 aliphatic rings. The molecule has 0 radical (unpaired) electrons. The third kappa shape index (κ3) is 4.52. The smallest absolute Gasteiger partial charge is 0.269 e. The molecule has 1 heterocycles. The van der Waals surface area contributed by atoms with E-state index in [1.165, 1.54) is 28.5 Å². The highest BCUT2D eigenvalue weighted by Crippen LogP contribution is 2.21. The summed E-state index contributed by atoms with van der Waals surface area (Å²) in [6.45, 7) is 4.50. The van der Waals surface area contributed by atoms with Crippen LogP contribution in [0.15, 0.2) is 66.7 Å². The van der Waals surface area contributed by atoms with Crippen LogP contribution in [0, 0.1) is 10.1 Å². The van der Waals surface area contributed by atoms with Crippen LogP contribution < -0.4 is 5.32 Å². The number of fused-ring (bicyclic) bond motifs is 1. The number of thiocarbonyl (C=S) groups is 1. The molecule has 1 N–H and O–H groups in total. The number of hydrogen-bond acceptors (Lipinski definition) is 4. The zero-order chi connectivity index (χ0) is 20.2. The Balaban J connectivity index is 1.33. The molecular formula is C22H22N4O2S. The van der Waals surface area contributed by atoms with Gasteiger partial charge in [-0.05, 0) is 40.7 Å². The number of nitrogens with one attached hydrogen (secondary N) is 1. The average molecular weight is 407 g/mol. The zero-order valence-corrected chi connectivity index (χ0v) is 16.8. The van der Waals surface area contributed by atoms with Gasteiger partial charge in [-0.2, -0.15) is 0 Å². The average Bonchev–Trinajstić information content (AvgIpc) is 2.75. The molecule has 4 rings (SSSR count). The molecule has 0 spiro atoms. The first-order valence-electron chi connectivity index (χ1n) is 9.59. The molecule has 3 aromatic rings. The van der Waals surface area contributed by atoms with Crippen molar-refractivity contribution in [2.75, 3.05) is 31.5 Å². The minimum absolute atomic E-state index is 0.0727. The molecule has 1 aliphatic heterocycles. The van der Waals surface area contributed by atoms with Gasteiger partial charge < -0.3 is 10.2 Å². The second kappa shape index (κ2) is 8.55. The van der Waals surface area contributed by atoms with Gasteiger partial charge in [0, 0.05) is 50.5 Å². The van der Waals surface area contributed by atoms with Crippen molar-refractivity contribution in [3.63, 3.8) is 0 Å². The number of anilines is 1. The summed E-state index contributed by atoms with van der Waals surface area (Å²) in [7, 11) is 0. The number of nitrogens with zero attached hydrogens (tertiary/aromatic N) is 3. The molecular weight excluding hydrogens is 384 g/mol. The fourth-order valence-electron chi connectivity index (χ4n) is 3.65. The minimum atomic E-state index is -0.405. The predicted octanol–water partition coefficient (Wildman–Crippen LogP) is 4.26. The highest BCUT2D eigenvalue weighted by Gasteiger charge is 2.19. The van der Waals surface area contributed by atoms with E-state index in [4.69, 9.17) is 12.2 Å². The van der Waals surface area contributed by atoms with Crippen LogP contribution in [0.4, 0.5) is 11.4 Å². The molecule has 148 valence electrons. The number of benzene rings is 3. The van der Waals surface area contributed by atoms with E-state index in [1.54, 1.807) is 12.1 Å². The van der Waals surface area contributed by atoms with E-state index in [0.29, 0.717) is 5.11 Å². The Bertz CT molecular complexity index is 1030. The zero-order valence-electron chi connectivity index (χ0n) is 16.0. The maximum atomic E-state index is 10.8. The molecule has 29 heavy (non-hydrogen) atoms. The van der Waals surface area contributed by atoms with Crippen molar-refractivity contribution in [3.8, 4) is 0 Å². The Labute approximate surface area is 174 Å². The summed E-state index contributed by atoms with van der Waals surface area (Å²) in [5.74, 6) is 0. The fraction of sp³-hybridized carbons (Fsp3) is 0.227. The van der Waals surface area contributed by atoms with Crippen LogP contribution in [0.25, 0.3) is 10.8 Å². The van der Waals surface area contributed by atoms with Crippen molar-refractivity contribution in [2.24, 2.45) is 0 Å². The van der Waals surface area contributed by atoms with Crippen LogP contribution in [-0.2, 0) is 6.54 Å². The lowest BCUT2D eigenvalue weighted by atomic mass is 10.0. The Morgan fingerprint density at radius 3 is 2.38 bits per heavy atom. The van der Waals surface area contributed by atoms with Crippen molar-refractivity contribution in [2.45, 2.75) is 6.54 Å². The first-order valence-corrected chi connectivity index (χ1v) is 10.0. The molecule has 0 saturated carbocycles. The van der Waals surface area contributed by atoms with E-state index in [-0.39, 0.29) is 5.69 Å². The van der Waals surface area contributed by atoms with Crippen LogP contribution in [0.3, 0.4) is 0 Å². The van der Waals surface area contributed by atoms with Gasteiger partial charge in [-0.3, -0.25) is 15.0 Å². The third-order valence-corrected chi connectivity index (χ3v) is 5.62. The molecule has 0 aromatic heterocycles. The fourth-order valence-corrected chi connectivity index (χ4v) is 3.95. The number of piperazine rings is 1. The molecule has 0 unspecified atom stereocenters. The molecule has 3 aromatic carbocycles. The number of rotatable bonds is 4. The topological polar surface area (TPSA) is 61.7 Å². The molecule has 7 heteroatoms. The summed E-state index contributed by atoms with van der Waals surface area (Å²) in [4.78, 5) is 15.0. The van der Waals surface area contributed by atoms with Gasteiger partial charge >= 0.3 is 0 Å². The first-order chi connectivity index (χ1) is 14.1. The largest absolute Gasteiger partial charge is 0.346 e. The van der Waals surface area contributed by atoms with Gasteiger partial charge in [0.1, 0.15) is 0 Å². The summed E-state index contributed by atoms with van der Waals surface area (Å²) in [6, 6.07) is 21.3. The van der Waals surface area contributed by atoms with E-state index in [1.807, 2.05) is 0 Å². The van der Waals surface area contributed by atoms with Crippen LogP contribution in [0.5, 0.6) is 0 Å². The van der Waals surface area contributed by atoms with Crippen LogP contribution in [0.1, 0.15) is 5.56 Å². The van der Waals surface area contributed by atoms with Crippen molar-refractivity contribution in [1.82, 2.24) is 9.80 Å². The van der Waals surface area contributed by atoms with Gasteiger partial charge in [-0.25, -0.2) is 0 Å². The van der Waals surface area contributed by atoms with Crippen molar-refractivity contribution < 1.29 is 4.92 Å². The Morgan fingerprint density at radius 2 is 1.66 bits per heavy atom. The monoisotopic (exact) mass is 406 g/mol. The Hall–Kier alpha value is -3.03. The van der Waals surface area contributed by atoms with E-state index < -0.39 is 4.92 Å². The predicted molar refractivity (Wildman–Crippen MR) is 120 cm³/mol. The molecule has 0 aliphatic carbocycles. The molecule has 0 atom stereocenters. The van der Waals surface area contributed by atoms with E-state index in [0.717, 1.165) is 38.4 Å². The van der Waals surface area contributed by atoms with Crippen molar-refractivity contribution >= 4 is 39.5 Å². The summed E-state index contributed by atoms with van der Waals surface area (Å²) in [5.41, 5.74) is 2.19. The first kappa shape index (κ1) is 19.3. The van der Waals surface area contributed by atoms with Gasteiger partial charge in [-0.1, -0.05) is 42.5 Å². The van der Waals surface area contributed by atoms with E-state index in [9.17, 15) is 10.1 Å². The highest BCUT2D eigenvalue weighted by molar-refractivity contribution is 7.80. The van der Waals surface area contributed by atoms with Gasteiger partial charge in [0.25, 0.3) is 5.69 Å². The van der Waals surface area contributed by atoms with E-state index >= 15 is 0 Å². The highest BCUT2D eigenvalue weighted by atomic mass is 32.1. The Kier molecular flexibility index (Phi) is 5.69. The molecule has 1 fully saturated rings. The van der Waals surface area contributed by atoms with Gasteiger partial charge in [0.15, 0.2) is 5.11 Å². The molecule has 6 nitrogen and oxygen atoms in total. The lowest BCUT2D eigenvalue weighted by Crippen LogP contribution is -2.49. The van der Waals surface area contributed by atoms with Crippen LogP contribution in [-0.4, -0.2) is 46.0 Å². The van der Waals surface area contributed by atoms with Crippen molar-refractivity contribution in [1.29, 1.82) is 0 Å². The number of non-ortho nitro benzene ring substituents is 1. The molecule has 1 saturated heterocycles. The standard InChI is InChI=1S/C22H22N4O2S/c27-26(28)20-10-8-19(9-11-20)23-22(29)25-14-12-24(13-15-25)16-18-6-3-5-17-4-1-2-7-21(17)18/h1-11H,12-16H2,(H,23,29). The Morgan fingerprint density at radius 1 is 0.966 bits per heavy atom. The second-order valence-corrected chi connectivity index (χ2v) is 7.52. The lowest BCUT2D eigenvalue weighted by Gasteiger charge is -2.36. The summed E-state index contributed by atoms with van der Waals surface area (Å²) in [5, 5.41) is 17.2.